The Labute approximate surface area is 183 Å². The van der Waals surface area contributed by atoms with E-state index in [4.69, 9.17) is 32.7 Å². The zero-order chi connectivity index (χ0) is 21.7. The second-order valence-electron chi connectivity index (χ2n) is 6.35. The lowest BCUT2D eigenvalue weighted by Gasteiger charge is -2.12. The van der Waals surface area contributed by atoms with Crippen molar-refractivity contribution in [3.63, 3.8) is 0 Å². The van der Waals surface area contributed by atoms with Gasteiger partial charge >= 0.3 is 11.9 Å². The van der Waals surface area contributed by atoms with E-state index in [9.17, 15) is 14.4 Å². The van der Waals surface area contributed by atoms with Gasteiger partial charge in [-0.15, -0.1) is 11.8 Å². The van der Waals surface area contributed by atoms with E-state index in [-0.39, 0.29) is 11.4 Å². The van der Waals surface area contributed by atoms with Crippen molar-refractivity contribution in [2.24, 2.45) is 0 Å². The number of rotatable bonds is 8. The number of hydrogen-bond acceptors (Lipinski definition) is 6. The number of benzene rings is 1. The number of ketones is 1. The number of H-pyrrole nitrogens is 1. The number of aromatic nitrogens is 1. The number of esters is 2. The zero-order valence-electron chi connectivity index (χ0n) is 16.4. The van der Waals surface area contributed by atoms with Gasteiger partial charge in [-0.2, -0.15) is 0 Å². The standard InChI is InChI=1S/C20H21Cl2NO5S/c1-10-17(20(26)27-4)11(2)23-18(10)19(25)12(3)28-16(24)9-29-8-13-5-6-14(21)15(22)7-13/h5-7,12,23H,8-9H2,1-4H3/t12-/m0/s1. The predicted molar refractivity (Wildman–Crippen MR) is 114 cm³/mol. The third-order valence-corrected chi connectivity index (χ3v) is 5.94. The Bertz CT molecular complexity index is 941. The van der Waals surface area contributed by atoms with Crippen LogP contribution in [0.4, 0.5) is 0 Å². The molecule has 0 spiro atoms. The highest BCUT2D eigenvalue weighted by Crippen LogP contribution is 2.25. The van der Waals surface area contributed by atoms with E-state index in [1.165, 1.54) is 25.8 Å². The van der Waals surface area contributed by atoms with Crippen LogP contribution in [0.1, 0.15) is 44.6 Å². The highest BCUT2D eigenvalue weighted by atomic mass is 35.5. The molecule has 1 N–H and O–H groups in total. The Morgan fingerprint density at radius 2 is 1.86 bits per heavy atom. The van der Waals surface area contributed by atoms with Gasteiger partial charge in [-0.05, 0) is 44.0 Å². The predicted octanol–water partition coefficient (Wildman–Crippen LogP) is 4.77. The van der Waals surface area contributed by atoms with Crippen molar-refractivity contribution in [1.29, 1.82) is 0 Å². The van der Waals surface area contributed by atoms with Gasteiger partial charge in [-0.25, -0.2) is 4.79 Å². The van der Waals surface area contributed by atoms with Crippen LogP contribution < -0.4 is 0 Å². The first-order valence-corrected chi connectivity index (χ1v) is 10.6. The average molecular weight is 458 g/mol. The molecule has 1 heterocycles. The average Bonchev–Trinajstić information content (AvgIpc) is 2.97. The number of methoxy groups -OCH3 is 1. The van der Waals surface area contributed by atoms with Gasteiger partial charge in [0.1, 0.15) is 0 Å². The fourth-order valence-electron chi connectivity index (χ4n) is 2.77. The van der Waals surface area contributed by atoms with E-state index in [2.05, 4.69) is 4.98 Å². The third kappa shape index (κ3) is 5.78. The number of hydrogen-bond donors (Lipinski definition) is 1. The summed E-state index contributed by atoms with van der Waals surface area (Å²) in [5, 5.41) is 0.923. The largest absolute Gasteiger partial charge is 0.465 e. The topological polar surface area (TPSA) is 85.5 Å². The minimum Gasteiger partial charge on any atom is -0.465 e. The third-order valence-electron chi connectivity index (χ3n) is 4.22. The number of carbonyl (C=O) groups is 3. The fourth-order valence-corrected chi connectivity index (χ4v) is 3.85. The van der Waals surface area contributed by atoms with Crippen molar-refractivity contribution < 1.29 is 23.9 Å². The van der Waals surface area contributed by atoms with Crippen molar-refractivity contribution in [3.8, 4) is 0 Å². The smallest absolute Gasteiger partial charge is 0.339 e. The summed E-state index contributed by atoms with van der Waals surface area (Å²) in [6.45, 7) is 4.81. The van der Waals surface area contributed by atoms with Gasteiger partial charge in [0.15, 0.2) is 6.10 Å². The Balaban J connectivity index is 1.93. The fraction of sp³-hybridized carbons (Fsp3) is 0.350. The molecular weight excluding hydrogens is 437 g/mol. The van der Waals surface area contributed by atoms with Crippen molar-refractivity contribution >= 4 is 52.7 Å². The highest BCUT2D eigenvalue weighted by molar-refractivity contribution is 7.99. The Kier molecular flexibility index (Phi) is 8.19. The van der Waals surface area contributed by atoms with Crippen LogP contribution in [-0.4, -0.2) is 41.7 Å². The van der Waals surface area contributed by atoms with Gasteiger partial charge in [-0.1, -0.05) is 29.3 Å². The molecule has 0 saturated carbocycles. The van der Waals surface area contributed by atoms with Crippen LogP contribution in [0.25, 0.3) is 0 Å². The van der Waals surface area contributed by atoms with Crippen molar-refractivity contribution in [2.75, 3.05) is 12.9 Å². The van der Waals surface area contributed by atoms with Crippen molar-refractivity contribution in [2.45, 2.75) is 32.6 Å². The lowest BCUT2D eigenvalue weighted by Crippen LogP contribution is -2.26. The van der Waals surface area contributed by atoms with E-state index in [1.54, 1.807) is 26.0 Å². The number of nitrogens with one attached hydrogen (secondary N) is 1. The van der Waals surface area contributed by atoms with Gasteiger partial charge in [0.05, 0.1) is 34.2 Å². The van der Waals surface area contributed by atoms with Crippen molar-refractivity contribution in [3.05, 3.63) is 56.3 Å². The molecule has 2 rings (SSSR count). The van der Waals surface area contributed by atoms with Crippen molar-refractivity contribution in [1.82, 2.24) is 4.98 Å². The van der Waals surface area contributed by atoms with E-state index >= 15 is 0 Å². The summed E-state index contributed by atoms with van der Waals surface area (Å²) < 4.78 is 9.98. The molecule has 9 heteroatoms. The monoisotopic (exact) mass is 457 g/mol. The number of aryl methyl sites for hydroxylation is 1. The van der Waals surface area contributed by atoms with Crippen LogP contribution >= 0.6 is 35.0 Å². The molecule has 0 amide bonds. The van der Waals surface area contributed by atoms with Crippen LogP contribution in [0.2, 0.25) is 10.0 Å². The minimum atomic E-state index is -0.990. The first-order chi connectivity index (χ1) is 13.6. The summed E-state index contributed by atoms with van der Waals surface area (Å²) in [5.74, 6) is -0.827. The number of carbonyl (C=O) groups excluding carboxylic acids is 3. The molecule has 0 unspecified atom stereocenters. The molecule has 156 valence electrons. The maximum absolute atomic E-state index is 12.6. The Morgan fingerprint density at radius 3 is 2.48 bits per heavy atom. The first kappa shape index (κ1) is 23.3. The highest BCUT2D eigenvalue weighted by Gasteiger charge is 2.27. The Morgan fingerprint density at radius 1 is 1.17 bits per heavy atom. The summed E-state index contributed by atoms with van der Waals surface area (Å²) in [5.41, 5.74) is 2.46. The molecule has 0 fully saturated rings. The van der Waals surface area contributed by atoms with Gasteiger partial charge in [0.25, 0.3) is 0 Å². The van der Waals surface area contributed by atoms with E-state index < -0.39 is 23.8 Å². The van der Waals surface area contributed by atoms with Crippen LogP contribution in [0.5, 0.6) is 0 Å². The number of thioether (sulfide) groups is 1. The summed E-state index contributed by atoms with van der Waals surface area (Å²) in [4.78, 5) is 39.5. The second kappa shape index (κ2) is 10.2. The molecule has 0 radical (unpaired) electrons. The van der Waals surface area contributed by atoms with Gasteiger partial charge in [0.2, 0.25) is 5.78 Å². The number of Topliss-reactive ketones (excluding diaryl/α,β-unsaturated/α-hetero) is 1. The molecule has 0 aliphatic rings. The van der Waals surface area contributed by atoms with E-state index in [0.717, 1.165) is 5.56 Å². The van der Waals surface area contributed by atoms with E-state index in [1.807, 2.05) is 6.07 Å². The molecule has 1 aromatic heterocycles. The maximum atomic E-state index is 12.6. The summed E-state index contributed by atoms with van der Waals surface area (Å²) in [6, 6.07) is 5.26. The normalized spacial score (nSPS) is 11.8. The molecule has 0 saturated heterocycles. The number of halogens is 2. The molecule has 6 nitrogen and oxygen atoms in total. The van der Waals surface area contributed by atoms with Crippen LogP contribution in [0, 0.1) is 13.8 Å². The molecule has 0 bridgehead atoms. The molecular formula is C20H21Cl2NO5S. The summed E-state index contributed by atoms with van der Waals surface area (Å²) in [7, 11) is 1.27. The number of ether oxygens (including phenoxy) is 2. The van der Waals surface area contributed by atoms with Crippen LogP contribution in [0.3, 0.4) is 0 Å². The van der Waals surface area contributed by atoms with Gasteiger partial charge < -0.3 is 14.5 Å². The zero-order valence-corrected chi connectivity index (χ0v) is 18.8. The molecule has 29 heavy (non-hydrogen) atoms. The molecule has 0 aliphatic heterocycles. The molecule has 1 aromatic carbocycles. The maximum Gasteiger partial charge on any atom is 0.339 e. The Hall–Kier alpha value is -1.96. The van der Waals surface area contributed by atoms with Gasteiger partial charge in [-0.3, -0.25) is 9.59 Å². The van der Waals surface area contributed by atoms with Crippen LogP contribution in [-0.2, 0) is 20.0 Å². The number of aromatic amines is 1. The summed E-state index contributed by atoms with van der Waals surface area (Å²) >= 11 is 13.2. The van der Waals surface area contributed by atoms with Crippen LogP contribution in [0.15, 0.2) is 18.2 Å². The SMILES string of the molecule is COC(=O)c1c(C)[nH]c(C(=O)[C@H](C)OC(=O)CSCc2ccc(Cl)c(Cl)c2)c1C. The molecule has 0 aliphatic carbocycles. The first-order valence-electron chi connectivity index (χ1n) is 8.68. The lowest BCUT2D eigenvalue weighted by molar-refractivity contribution is -0.143. The quantitative estimate of drug-likeness (QED) is 0.453. The summed E-state index contributed by atoms with van der Waals surface area (Å²) in [6.07, 6.45) is -0.990. The lowest BCUT2D eigenvalue weighted by atomic mass is 10.1. The molecule has 2 aromatic rings. The van der Waals surface area contributed by atoms with Gasteiger partial charge in [0, 0.05) is 11.4 Å². The van der Waals surface area contributed by atoms with E-state index in [0.29, 0.717) is 32.6 Å². The minimum absolute atomic E-state index is 0.0774. The second-order valence-corrected chi connectivity index (χ2v) is 8.15. The molecule has 1 atom stereocenters.